The number of furan rings is 1. The van der Waals surface area contributed by atoms with Crippen molar-refractivity contribution in [3.8, 4) is 0 Å². The quantitative estimate of drug-likeness (QED) is 0.916. The molecule has 0 bridgehead atoms. The highest BCUT2D eigenvalue weighted by atomic mass is 79.9. The monoisotopic (exact) mass is 342 g/mol. The van der Waals surface area contributed by atoms with Crippen molar-refractivity contribution in [2.45, 2.75) is 20.3 Å². The molecule has 5 nitrogen and oxygen atoms in total. The molecule has 2 amide bonds. The summed E-state index contributed by atoms with van der Waals surface area (Å²) in [6.07, 6.45) is 1.15. The second-order valence-corrected chi connectivity index (χ2v) is 6.31. The molecule has 20 heavy (non-hydrogen) atoms. The number of nitrogens with one attached hydrogen (secondary N) is 1. The third kappa shape index (κ3) is 3.85. The maximum Gasteiger partial charge on any atom is 0.287 e. The highest BCUT2D eigenvalue weighted by molar-refractivity contribution is 9.10. The Bertz CT molecular complexity index is 490. The van der Waals surface area contributed by atoms with E-state index in [4.69, 9.17) is 4.42 Å². The van der Waals surface area contributed by atoms with E-state index in [1.54, 1.807) is 12.1 Å². The highest BCUT2D eigenvalue weighted by Crippen LogP contribution is 2.20. The van der Waals surface area contributed by atoms with Gasteiger partial charge in [-0.1, -0.05) is 13.8 Å². The number of halogens is 1. The number of carbonyl (C=O) groups is 2. The molecular weight excluding hydrogens is 324 g/mol. The highest BCUT2D eigenvalue weighted by Gasteiger charge is 2.25. The van der Waals surface area contributed by atoms with Gasteiger partial charge in [0.15, 0.2) is 10.4 Å². The Morgan fingerprint density at radius 3 is 2.55 bits per heavy atom. The molecule has 1 saturated heterocycles. The van der Waals surface area contributed by atoms with Crippen LogP contribution in [-0.2, 0) is 4.79 Å². The predicted octanol–water partition coefficient (Wildman–Crippen LogP) is 2.28. The van der Waals surface area contributed by atoms with Gasteiger partial charge in [0.05, 0.1) is 6.54 Å². The van der Waals surface area contributed by atoms with Crippen LogP contribution in [0.4, 0.5) is 0 Å². The molecule has 0 radical (unpaired) electrons. The fourth-order valence-corrected chi connectivity index (χ4v) is 2.96. The Labute approximate surface area is 126 Å². The topological polar surface area (TPSA) is 62.6 Å². The van der Waals surface area contributed by atoms with E-state index in [1.807, 2.05) is 4.90 Å². The van der Waals surface area contributed by atoms with Gasteiger partial charge in [-0.25, -0.2) is 0 Å². The van der Waals surface area contributed by atoms with Gasteiger partial charge in [-0.05, 0) is 46.3 Å². The number of likely N-dealkylation sites (tertiary alicyclic amines) is 1. The van der Waals surface area contributed by atoms with E-state index in [1.165, 1.54) is 0 Å². The van der Waals surface area contributed by atoms with Gasteiger partial charge >= 0.3 is 0 Å². The molecule has 0 saturated carbocycles. The number of rotatable bonds is 3. The summed E-state index contributed by atoms with van der Waals surface area (Å²) in [4.78, 5) is 25.7. The van der Waals surface area contributed by atoms with Crippen molar-refractivity contribution in [3.05, 3.63) is 22.6 Å². The molecule has 2 rings (SSSR count). The lowest BCUT2D eigenvalue weighted by Crippen LogP contribution is -2.46. The molecule has 2 atom stereocenters. The Hall–Kier alpha value is -1.30. The van der Waals surface area contributed by atoms with Crippen LogP contribution in [0, 0.1) is 11.8 Å². The third-order valence-electron chi connectivity index (χ3n) is 3.42. The van der Waals surface area contributed by atoms with Crippen molar-refractivity contribution in [1.29, 1.82) is 0 Å². The summed E-state index contributed by atoms with van der Waals surface area (Å²) in [6.45, 7) is 5.84. The second-order valence-electron chi connectivity index (χ2n) is 5.53. The lowest BCUT2D eigenvalue weighted by Gasteiger charge is -2.35. The summed E-state index contributed by atoms with van der Waals surface area (Å²) in [7, 11) is 0. The smallest absolute Gasteiger partial charge is 0.287 e. The number of piperidine rings is 1. The molecule has 6 heteroatoms. The number of hydrogen-bond donors (Lipinski definition) is 1. The Morgan fingerprint density at radius 2 is 2.00 bits per heavy atom. The molecule has 1 N–H and O–H groups in total. The molecule has 1 fully saturated rings. The third-order valence-corrected chi connectivity index (χ3v) is 3.84. The lowest BCUT2D eigenvalue weighted by atomic mass is 9.92. The maximum atomic E-state index is 12.1. The van der Waals surface area contributed by atoms with Crippen molar-refractivity contribution in [2.24, 2.45) is 11.8 Å². The predicted molar refractivity (Wildman–Crippen MR) is 78.3 cm³/mol. The first kappa shape index (κ1) is 15.1. The van der Waals surface area contributed by atoms with Crippen LogP contribution in [0.2, 0.25) is 0 Å². The summed E-state index contributed by atoms with van der Waals surface area (Å²) in [5.74, 6) is 0.813. The van der Waals surface area contributed by atoms with E-state index >= 15 is 0 Å². The molecule has 110 valence electrons. The SMILES string of the molecule is CC1CC(C)CN(C(=O)CNC(=O)c2ccc(Br)o2)C1. The van der Waals surface area contributed by atoms with E-state index in [-0.39, 0.29) is 24.1 Å². The average Bonchev–Trinajstić information content (AvgIpc) is 2.81. The Balaban J connectivity index is 1.84. The standard InChI is InChI=1S/C14H19BrN2O3/c1-9-5-10(2)8-17(7-9)13(18)6-16-14(19)11-3-4-12(15)20-11/h3-4,9-10H,5-8H2,1-2H3,(H,16,19). The van der Waals surface area contributed by atoms with Gasteiger partial charge in [0.25, 0.3) is 5.91 Å². The zero-order valence-corrected chi connectivity index (χ0v) is 13.3. The molecule has 1 aliphatic rings. The molecule has 1 aromatic rings. The lowest BCUT2D eigenvalue weighted by molar-refractivity contribution is -0.132. The molecule has 0 spiro atoms. The molecule has 2 heterocycles. The van der Waals surface area contributed by atoms with E-state index in [9.17, 15) is 9.59 Å². The molecule has 1 aromatic heterocycles. The number of carbonyl (C=O) groups excluding carboxylic acids is 2. The molecule has 2 unspecified atom stereocenters. The van der Waals surface area contributed by atoms with E-state index in [0.717, 1.165) is 19.5 Å². The Kier molecular flexibility index (Phi) is 4.86. The summed E-state index contributed by atoms with van der Waals surface area (Å²) in [6, 6.07) is 3.21. The molecular formula is C14H19BrN2O3. The summed E-state index contributed by atoms with van der Waals surface area (Å²) >= 11 is 3.13. The fourth-order valence-electron chi connectivity index (χ4n) is 2.66. The normalized spacial score (nSPS) is 22.6. The number of hydrogen-bond acceptors (Lipinski definition) is 3. The van der Waals surface area contributed by atoms with Crippen molar-refractivity contribution in [3.63, 3.8) is 0 Å². The molecule has 1 aliphatic heterocycles. The van der Waals surface area contributed by atoms with Crippen LogP contribution in [0.5, 0.6) is 0 Å². The first-order chi connectivity index (χ1) is 9.45. The van der Waals surface area contributed by atoms with Gasteiger partial charge in [-0.15, -0.1) is 0 Å². The van der Waals surface area contributed by atoms with E-state index < -0.39 is 0 Å². The summed E-state index contributed by atoms with van der Waals surface area (Å²) in [5, 5.41) is 2.59. The largest absolute Gasteiger partial charge is 0.444 e. The van der Waals surface area contributed by atoms with Gasteiger partial charge in [0.1, 0.15) is 0 Å². The van der Waals surface area contributed by atoms with Crippen LogP contribution in [-0.4, -0.2) is 36.3 Å². The first-order valence-corrected chi connectivity index (χ1v) is 7.56. The van der Waals surface area contributed by atoms with E-state index in [0.29, 0.717) is 16.5 Å². The number of amides is 2. The van der Waals surface area contributed by atoms with Crippen LogP contribution >= 0.6 is 15.9 Å². The Morgan fingerprint density at radius 1 is 1.35 bits per heavy atom. The van der Waals surface area contributed by atoms with Crippen LogP contribution in [0.25, 0.3) is 0 Å². The maximum absolute atomic E-state index is 12.1. The van der Waals surface area contributed by atoms with Crippen molar-refractivity contribution < 1.29 is 14.0 Å². The minimum atomic E-state index is -0.373. The molecule has 0 aromatic carbocycles. The minimum absolute atomic E-state index is 0.0105. The zero-order valence-electron chi connectivity index (χ0n) is 11.7. The number of nitrogens with zero attached hydrogens (tertiary/aromatic N) is 1. The molecule has 0 aliphatic carbocycles. The second kappa shape index (κ2) is 6.43. The fraction of sp³-hybridized carbons (Fsp3) is 0.571. The van der Waals surface area contributed by atoms with Crippen LogP contribution in [0.15, 0.2) is 21.2 Å². The van der Waals surface area contributed by atoms with Gasteiger partial charge in [0, 0.05) is 13.1 Å². The summed E-state index contributed by atoms with van der Waals surface area (Å²) < 4.78 is 5.63. The zero-order chi connectivity index (χ0) is 14.7. The van der Waals surface area contributed by atoms with Crippen molar-refractivity contribution in [1.82, 2.24) is 10.2 Å². The van der Waals surface area contributed by atoms with Crippen molar-refractivity contribution in [2.75, 3.05) is 19.6 Å². The van der Waals surface area contributed by atoms with Gasteiger partial charge in [0.2, 0.25) is 5.91 Å². The van der Waals surface area contributed by atoms with Crippen molar-refractivity contribution >= 4 is 27.7 Å². The van der Waals surface area contributed by atoms with E-state index in [2.05, 4.69) is 35.1 Å². The summed E-state index contributed by atoms with van der Waals surface area (Å²) in [5.41, 5.74) is 0. The van der Waals surface area contributed by atoms with Crippen LogP contribution < -0.4 is 5.32 Å². The van der Waals surface area contributed by atoms with Gasteiger partial charge in [-0.3, -0.25) is 9.59 Å². The first-order valence-electron chi connectivity index (χ1n) is 6.77. The van der Waals surface area contributed by atoms with Crippen LogP contribution in [0.3, 0.4) is 0 Å². The minimum Gasteiger partial charge on any atom is -0.444 e. The van der Waals surface area contributed by atoms with Gasteiger partial charge < -0.3 is 14.6 Å². The van der Waals surface area contributed by atoms with Gasteiger partial charge in [-0.2, -0.15) is 0 Å². The van der Waals surface area contributed by atoms with Crippen LogP contribution in [0.1, 0.15) is 30.8 Å². The average molecular weight is 343 g/mol.